The summed E-state index contributed by atoms with van der Waals surface area (Å²) in [5.41, 5.74) is 0. The Morgan fingerprint density at radius 1 is 1.39 bits per heavy atom. The van der Waals surface area contributed by atoms with Gasteiger partial charge in [-0.05, 0) is 13.0 Å². The molecule has 1 aliphatic heterocycles. The Morgan fingerprint density at radius 3 is 2.50 bits per heavy atom. The van der Waals surface area contributed by atoms with Crippen LogP contribution in [0.15, 0.2) is 16.5 Å². The van der Waals surface area contributed by atoms with Crippen molar-refractivity contribution >= 4 is 30.7 Å². The van der Waals surface area contributed by atoms with Crippen molar-refractivity contribution in [3.05, 3.63) is 28.0 Å². The van der Waals surface area contributed by atoms with Crippen molar-refractivity contribution < 1.29 is 9.34 Å². The Hall–Kier alpha value is -0.820. The van der Waals surface area contributed by atoms with Crippen LogP contribution in [0.3, 0.4) is 0 Å². The third kappa shape index (κ3) is 3.84. The lowest BCUT2D eigenvalue weighted by Gasteiger charge is -2.31. The molecule has 1 aliphatic rings. The SMILES string of the molecule is C[C@H](c1ccc([N+](=O)[O-])o1)N1CCNCC1.Cl.Cl. The third-order valence-corrected chi connectivity index (χ3v) is 2.90. The zero-order valence-corrected chi connectivity index (χ0v) is 11.6. The van der Waals surface area contributed by atoms with Crippen molar-refractivity contribution in [2.75, 3.05) is 26.2 Å². The van der Waals surface area contributed by atoms with Gasteiger partial charge in [0.1, 0.15) is 10.7 Å². The van der Waals surface area contributed by atoms with Gasteiger partial charge in [-0.15, -0.1) is 24.8 Å². The van der Waals surface area contributed by atoms with Crippen molar-refractivity contribution in [2.24, 2.45) is 0 Å². The van der Waals surface area contributed by atoms with E-state index in [1.807, 2.05) is 6.92 Å². The first-order chi connectivity index (χ1) is 7.68. The van der Waals surface area contributed by atoms with Crippen molar-refractivity contribution in [3.63, 3.8) is 0 Å². The summed E-state index contributed by atoms with van der Waals surface area (Å²) >= 11 is 0. The van der Waals surface area contributed by atoms with Crippen LogP contribution in [0.4, 0.5) is 5.88 Å². The van der Waals surface area contributed by atoms with Crippen LogP contribution in [0.2, 0.25) is 0 Å². The van der Waals surface area contributed by atoms with Gasteiger partial charge >= 0.3 is 5.88 Å². The molecule has 0 amide bonds. The molecule has 1 aromatic heterocycles. The normalized spacial score (nSPS) is 17.4. The highest BCUT2D eigenvalue weighted by atomic mass is 35.5. The maximum Gasteiger partial charge on any atom is 0.433 e. The second-order valence-corrected chi connectivity index (χ2v) is 3.90. The first-order valence-electron chi connectivity index (χ1n) is 5.37. The minimum absolute atomic E-state index is 0. The predicted octanol–water partition coefficient (Wildman–Crippen LogP) is 2.00. The van der Waals surface area contributed by atoms with E-state index < -0.39 is 4.92 Å². The fourth-order valence-corrected chi connectivity index (χ4v) is 1.91. The van der Waals surface area contributed by atoms with Gasteiger partial charge in [0, 0.05) is 26.2 Å². The number of hydrogen-bond donors (Lipinski definition) is 1. The molecule has 0 unspecified atom stereocenters. The van der Waals surface area contributed by atoms with Crippen LogP contribution in [0.1, 0.15) is 18.7 Å². The predicted molar refractivity (Wildman–Crippen MR) is 72.7 cm³/mol. The summed E-state index contributed by atoms with van der Waals surface area (Å²) in [5, 5.41) is 13.8. The summed E-state index contributed by atoms with van der Waals surface area (Å²) in [7, 11) is 0. The van der Waals surface area contributed by atoms with Gasteiger partial charge in [-0.3, -0.25) is 15.0 Å². The Morgan fingerprint density at radius 2 is 2.00 bits per heavy atom. The molecule has 1 atom stereocenters. The minimum atomic E-state index is -0.506. The fourth-order valence-electron chi connectivity index (χ4n) is 1.91. The topological polar surface area (TPSA) is 71.5 Å². The maximum atomic E-state index is 10.5. The van der Waals surface area contributed by atoms with E-state index in [-0.39, 0.29) is 36.7 Å². The molecule has 1 aromatic rings. The molecule has 0 spiro atoms. The molecule has 0 aromatic carbocycles. The summed E-state index contributed by atoms with van der Waals surface area (Å²) < 4.78 is 5.20. The van der Waals surface area contributed by atoms with E-state index in [4.69, 9.17) is 4.42 Å². The highest BCUT2D eigenvalue weighted by molar-refractivity contribution is 5.85. The van der Waals surface area contributed by atoms with Gasteiger partial charge in [0.2, 0.25) is 0 Å². The number of halogens is 2. The van der Waals surface area contributed by atoms with Crippen molar-refractivity contribution in [2.45, 2.75) is 13.0 Å². The second kappa shape index (κ2) is 7.58. The molecule has 104 valence electrons. The monoisotopic (exact) mass is 297 g/mol. The summed E-state index contributed by atoms with van der Waals surface area (Å²) in [6.45, 7) is 5.79. The highest BCUT2D eigenvalue weighted by Gasteiger charge is 2.22. The van der Waals surface area contributed by atoms with Crippen molar-refractivity contribution in [3.8, 4) is 0 Å². The Kier molecular flexibility index (Phi) is 7.23. The second-order valence-electron chi connectivity index (χ2n) is 3.90. The van der Waals surface area contributed by atoms with Crippen LogP contribution < -0.4 is 5.32 Å². The summed E-state index contributed by atoms with van der Waals surface area (Å²) in [6.07, 6.45) is 0. The summed E-state index contributed by atoms with van der Waals surface area (Å²) in [4.78, 5) is 12.2. The summed E-state index contributed by atoms with van der Waals surface area (Å²) in [6, 6.07) is 3.19. The zero-order chi connectivity index (χ0) is 11.5. The lowest BCUT2D eigenvalue weighted by atomic mass is 10.2. The van der Waals surface area contributed by atoms with Crippen LogP contribution >= 0.6 is 24.8 Å². The first-order valence-corrected chi connectivity index (χ1v) is 5.37. The van der Waals surface area contributed by atoms with E-state index in [9.17, 15) is 10.1 Å². The lowest BCUT2D eigenvalue weighted by molar-refractivity contribution is -0.402. The molecule has 1 fully saturated rings. The molecule has 1 N–H and O–H groups in total. The molecule has 0 aliphatic carbocycles. The van der Waals surface area contributed by atoms with Gasteiger partial charge in [-0.2, -0.15) is 0 Å². The van der Waals surface area contributed by atoms with E-state index in [0.29, 0.717) is 5.76 Å². The average Bonchev–Trinajstić information content (AvgIpc) is 2.78. The molecule has 0 saturated carbocycles. The quantitative estimate of drug-likeness (QED) is 0.682. The Bertz CT molecular complexity index is 380. The number of nitrogens with zero attached hydrogens (tertiary/aromatic N) is 2. The number of furan rings is 1. The standard InChI is InChI=1S/C10H15N3O3.2ClH/c1-8(12-6-4-11-5-7-12)9-2-3-10(16-9)13(14)15;;/h2-3,8,11H,4-7H2,1H3;2*1H/t8-;;/m1../s1. The van der Waals surface area contributed by atoms with E-state index >= 15 is 0 Å². The van der Waals surface area contributed by atoms with E-state index in [1.54, 1.807) is 6.07 Å². The van der Waals surface area contributed by atoms with Gasteiger partial charge in [0.05, 0.1) is 12.1 Å². The van der Waals surface area contributed by atoms with Gasteiger partial charge < -0.3 is 9.73 Å². The van der Waals surface area contributed by atoms with E-state index in [1.165, 1.54) is 6.07 Å². The number of nitrogens with one attached hydrogen (secondary N) is 1. The van der Waals surface area contributed by atoms with E-state index in [0.717, 1.165) is 26.2 Å². The molecule has 0 bridgehead atoms. The minimum Gasteiger partial charge on any atom is -0.404 e. The van der Waals surface area contributed by atoms with Gasteiger partial charge in [0.25, 0.3) is 0 Å². The van der Waals surface area contributed by atoms with Gasteiger partial charge in [-0.25, -0.2) is 0 Å². The van der Waals surface area contributed by atoms with Crippen LogP contribution in [0.25, 0.3) is 0 Å². The van der Waals surface area contributed by atoms with Crippen molar-refractivity contribution in [1.29, 1.82) is 0 Å². The molecular formula is C10H17Cl2N3O3. The van der Waals surface area contributed by atoms with Crippen LogP contribution in [-0.4, -0.2) is 36.0 Å². The van der Waals surface area contributed by atoms with Gasteiger partial charge in [0.15, 0.2) is 0 Å². The number of hydrogen-bond acceptors (Lipinski definition) is 5. The third-order valence-electron chi connectivity index (χ3n) is 2.90. The number of nitro groups is 1. The molecular weight excluding hydrogens is 281 g/mol. The fraction of sp³-hybridized carbons (Fsp3) is 0.600. The lowest BCUT2D eigenvalue weighted by Crippen LogP contribution is -2.44. The average molecular weight is 298 g/mol. The van der Waals surface area contributed by atoms with E-state index in [2.05, 4.69) is 10.2 Å². The molecule has 18 heavy (non-hydrogen) atoms. The van der Waals surface area contributed by atoms with Crippen LogP contribution in [-0.2, 0) is 0 Å². The number of piperazine rings is 1. The molecule has 2 rings (SSSR count). The van der Waals surface area contributed by atoms with Crippen LogP contribution in [0.5, 0.6) is 0 Å². The zero-order valence-electron chi connectivity index (χ0n) is 10.00. The molecule has 2 heterocycles. The van der Waals surface area contributed by atoms with Crippen LogP contribution in [0, 0.1) is 10.1 Å². The number of rotatable bonds is 3. The first kappa shape index (κ1) is 17.2. The molecule has 0 radical (unpaired) electrons. The smallest absolute Gasteiger partial charge is 0.404 e. The highest BCUT2D eigenvalue weighted by Crippen LogP contribution is 2.25. The maximum absolute atomic E-state index is 10.5. The van der Waals surface area contributed by atoms with Crippen molar-refractivity contribution in [1.82, 2.24) is 10.2 Å². The molecule has 1 saturated heterocycles. The van der Waals surface area contributed by atoms with Gasteiger partial charge in [-0.1, -0.05) is 0 Å². The largest absolute Gasteiger partial charge is 0.433 e. The summed E-state index contributed by atoms with van der Waals surface area (Å²) in [5.74, 6) is 0.477. The Balaban J connectivity index is 0.00000144. The molecule has 6 nitrogen and oxygen atoms in total. The molecule has 8 heteroatoms. The Labute approximate surface area is 118 Å².